The molecule has 0 unspecified atom stereocenters. The predicted molar refractivity (Wildman–Crippen MR) is 83.5 cm³/mol. The lowest BCUT2D eigenvalue weighted by Crippen LogP contribution is -2.41. The Morgan fingerprint density at radius 1 is 1.04 bits per heavy atom. The van der Waals surface area contributed by atoms with E-state index >= 15 is 0 Å². The molecule has 0 aromatic rings. The average molecular weight is 330 g/mol. The number of carbonyl (C=O) groups is 1. The molecule has 1 atom stereocenters. The van der Waals surface area contributed by atoms with Gasteiger partial charge >= 0.3 is 0 Å². The first-order valence-electron chi connectivity index (χ1n) is 9.04. The zero-order valence-corrected chi connectivity index (χ0v) is 13.8. The van der Waals surface area contributed by atoms with E-state index in [1.165, 1.54) is 0 Å². The number of halogens is 2. The van der Waals surface area contributed by atoms with Crippen molar-refractivity contribution >= 4 is 5.91 Å². The van der Waals surface area contributed by atoms with Crippen LogP contribution in [0.5, 0.6) is 0 Å². The Labute approximate surface area is 137 Å². The highest BCUT2D eigenvalue weighted by Crippen LogP contribution is 2.36. The maximum Gasteiger partial charge on any atom is 0.251 e. The molecule has 0 aromatic heterocycles. The van der Waals surface area contributed by atoms with Crippen molar-refractivity contribution in [1.29, 1.82) is 0 Å². The summed E-state index contributed by atoms with van der Waals surface area (Å²) in [6, 6.07) is 0. The van der Waals surface area contributed by atoms with Crippen molar-refractivity contribution in [2.45, 2.75) is 57.0 Å². The third-order valence-corrected chi connectivity index (χ3v) is 5.46. The SMILES string of the molecule is O=C([C@H]1CCCO1)N1CCCN(CC2CCC(F)(F)CC2)CC1. The molecule has 0 aromatic carbocycles. The minimum Gasteiger partial charge on any atom is -0.368 e. The summed E-state index contributed by atoms with van der Waals surface area (Å²) in [5, 5.41) is 0. The standard InChI is InChI=1S/C17H28F2N2O2/c18-17(19)6-4-14(5-7-17)13-20-8-2-9-21(11-10-20)16(22)15-3-1-12-23-15/h14-15H,1-13H2/t15-/m1/s1. The molecule has 0 radical (unpaired) electrons. The molecule has 2 saturated heterocycles. The van der Waals surface area contributed by atoms with Crippen LogP contribution in [0.3, 0.4) is 0 Å². The van der Waals surface area contributed by atoms with Crippen molar-refractivity contribution in [3.8, 4) is 0 Å². The van der Waals surface area contributed by atoms with Crippen molar-refractivity contribution in [3.63, 3.8) is 0 Å². The van der Waals surface area contributed by atoms with Crippen LogP contribution in [0.4, 0.5) is 8.78 Å². The Balaban J connectivity index is 1.44. The molecule has 0 bridgehead atoms. The van der Waals surface area contributed by atoms with Crippen LogP contribution in [0.2, 0.25) is 0 Å². The molecule has 0 spiro atoms. The fourth-order valence-electron chi connectivity index (χ4n) is 4.00. The van der Waals surface area contributed by atoms with E-state index < -0.39 is 5.92 Å². The molecule has 23 heavy (non-hydrogen) atoms. The molecule has 6 heteroatoms. The molecule has 1 saturated carbocycles. The first-order valence-corrected chi connectivity index (χ1v) is 9.04. The fraction of sp³-hybridized carbons (Fsp3) is 0.941. The summed E-state index contributed by atoms with van der Waals surface area (Å²) < 4.78 is 32.0. The molecule has 132 valence electrons. The number of hydrogen-bond donors (Lipinski definition) is 0. The second kappa shape index (κ2) is 7.43. The quantitative estimate of drug-likeness (QED) is 0.797. The molecular formula is C17H28F2N2O2. The number of amides is 1. The molecule has 2 heterocycles. The van der Waals surface area contributed by atoms with Crippen molar-refractivity contribution in [2.24, 2.45) is 5.92 Å². The highest BCUT2D eigenvalue weighted by atomic mass is 19.3. The Hall–Kier alpha value is -0.750. The van der Waals surface area contributed by atoms with Gasteiger partial charge in [-0.1, -0.05) is 0 Å². The second-order valence-corrected chi connectivity index (χ2v) is 7.28. The summed E-state index contributed by atoms with van der Waals surface area (Å²) in [7, 11) is 0. The van der Waals surface area contributed by atoms with Gasteiger partial charge in [0.05, 0.1) is 0 Å². The third kappa shape index (κ3) is 4.63. The number of ether oxygens (including phenoxy) is 1. The van der Waals surface area contributed by atoms with Gasteiger partial charge in [0.25, 0.3) is 5.91 Å². The number of carbonyl (C=O) groups excluding carboxylic acids is 1. The number of nitrogens with zero attached hydrogens (tertiary/aromatic N) is 2. The van der Waals surface area contributed by atoms with Crippen molar-refractivity contribution in [3.05, 3.63) is 0 Å². The second-order valence-electron chi connectivity index (χ2n) is 7.28. The summed E-state index contributed by atoms with van der Waals surface area (Å²) in [4.78, 5) is 16.7. The van der Waals surface area contributed by atoms with Gasteiger partial charge in [0.2, 0.25) is 5.92 Å². The fourth-order valence-corrected chi connectivity index (χ4v) is 4.00. The molecule has 3 rings (SSSR count). The van der Waals surface area contributed by atoms with Gasteiger partial charge in [-0.25, -0.2) is 8.78 Å². The summed E-state index contributed by atoms with van der Waals surface area (Å²) >= 11 is 0. The van der Waals surface area contributed by atoms with E-state index in [9.17, 15) is 13.6 Å². The highest BCUT2D eigenvalue weighted by molar-refractivity contribution is 5.81. The number of hydrogen-bond acceptors (Lipinski definition) is 3. The van der Waals surface area contributed by atoms with Gasteiger partial charge in [-0.15, -0.1) is 0 Å². The maximum absolute atomic E-state index is 13.2. The summed E-state index contributed by atoms with van der Waals surface area (Å²) in [6.45, 7) is 4.94. The monoisotopic (exact) mass is 330 g/mol. The summed E-state index contributed by atoms with van der Waals surface area (Å²) in [5.74, 6) is -1.92. The van der Waals surface area contributed by atoms with E-state index in [2.05, 4.69) is 4.90 Å². The predicted octanol–water partition coefficient (Wildman–Crippen LogP) is 2.53. The molecule has 1 amide bonds. The molecule has 4 nitrogen and oxygen atoms in total. The Morgan fingerprint density at radius 3 is 2.52 bits per heavy atom. The van der Waals surface area contributed by atoms with Gasteiger partial charge in [0.15, 0.2) is 0 Å². The minimum atomic E-state index is -2.44. The smallest absolute Gasteiger partial charge is 0.251 e. The van der Waals surface area contributed by atoms with E-state index in [1.54, 1.807) is 0 Å². The molecule has 1 aliphatic carbocycles. The van der Waals surface area contributed by atoms with Crippen molar-refractivity contribution in [1.82, 2.24) is 9.80 Å². The normalized spacial score (nSPS) is 30.3. The Kier molecular flexibility index (Phi) is 5.52. The van der Waals surface area contributed by atoms with Crippen LogP contribution in [-0.2, 0) is 9.53 Å². The zero-order chi connectivity index (χ0) is 16.3. The van der Waals surface area contributed by atoms with Crippen LogP contribution in [0, 0.1) is 5.92 Å². The largest absolute Gasteiger partial charge is 0.368 e. The van der Waals surface area contributed by atoms with Gasteiger partial charge in [0.1, 0.15) is 6.10 Å². The molecular weight excluding hydrogens is 302 g/mol. The highest BCUT2D eigenvalue weighted by Gasteiger charge is 2.35. The maximum atomic E-state index is 13.2. The zero-order valence-electron chi connectivity index (χ0n) is 13.8. The number of alkyl halides is 2. The average Bonchev–Trinajstić information content (AvgIpc) is 2.96. The van der Waals surface area contributed by atoms with Crippen LogP contribution in [0.1, 0.15) is 44.9 Å². The van der Waals surface area contributed by atoms with Gasteiger partial charge in [0, 0.05) is 45.6 Å². The van der Waals surface area contributed by atoms with Crippen LogP contribution in [-0.4, -0.2) is 67.1 Å². The first-order chi connectivity index (χ1) is 11.0. The minimum absolute atomic E-state index is 0.0368. The lowest BCUT2D eigenvalue weighted by Gasteiger charge is -2.32. The van der Waals surface area contributed by atoms with Crippen LogP contribution in [0.15, 0.2) is 0 Å². The molecule has 3 fully saturated rings. The van der Waals surface area contributed by atoms with Gasteiger partial charge in [-0.05, 0) is 44.6 Å². The van der Waals surface area contributed by atoms with E-state index in [0.717, 1.165) is 52.0 Å². The molecule has 3 aliphatic rings. The van der Waals surface area contributed by atoms with Crippen molar-refractivity contribution < 1.29 is 18.3 Å². The van der Waals surface area contributed by atoms with Crippen molar-refractivity contribution in [2.75, 3.05) is 39.3 Å². The van der Waals surface area contributed by atoms with Gasteiger partial charge in [-0.2, -0.15) is 0 Å². The first kappa shape index (κ1) is 17.1. The van der Waals surface area contributed by atoms with Crippen LogP contribution >= 0.6 is 0 Å². The lowest BCUT2D eigenvalue weighted by atomic mass is 9.86. The van der Waals surface area contributed by atoms with Crippen LogP contribution in [0.25, 0.3) is 0 Å². The van der Waals surface area contributed by atoms with Gasteiger partial charge < -0.3 is 14.5 Å². The molecule has 2 aliphatic heterocycles. The van der Waals surface area contributed by atoms with Gasteiger partial charge in [-0.3, -0.25) is 4.79 Å². The van der Waals surface area contributed by atoms with Crippen LogP contribution < -0.4 is 0 Å². The Bertz CT molecular complexity index is 403. The van der Waals surface area contributed by atoms with E-state index in [1.807, 2.05) is 4.90 Å². The summed E-state index contributed by atoms with van der Waals surface area (Å²) in [6.07, 6.45) is 3.87. The third-order valence-electron chi connectivity index (χ3n) is 5.46. The molecule has 0 N–H and O–H groups in total. The van der Waals surface area contributed by atoms with E-state index in [4.69, 9.17) is 4.74 Å². The summed E-state index contributed by atoms with van der Waals surface area (Å²) in [5.41, 5.74) is 0. The Morgan fingerprint density at radius 2 is 1.83 bits per heavy atom. The van der Waals surface area contributed by atoms with E-state index in [-0.39, 0.29) is 24.9 Å². The van der Waals surface area contributed by atoms with E-state index in [0.29, 0.717) is 25.4 Å². The topological polar surface area (TPSA) is 32.8 Å². The number of rotatable bonds is 3. The lowest BCUT2D eigenvalue weighted by molar-refractivity contribution is -0.140.